The maximum Gasteiger partial charge on any atom is 0.307 e. The van der Waals surface area contributed by atoms with E-state index in [-0.39, 0.29) is 12.2 Å². The van der Waals surface area contributed by atoms with Crippen LogP contribution >= 0.6 is 0 Å². The molecule has 0 saturated carbocycles. The number of aryl methyl sites for hydroxylation is 1. The number of hydrogen-bond donors (Lipinski definition) is 2. The lowest BCUT2D eigenvalue weighted by Gasteiger charge is -2.25. The molecule has 0 fully saturated rings. The molecule has 0 aliphatic rings. The number of ether oxygens (including phenoxy) is 1. The molecule has 0 aliphatic carbocycles. The molecule has 2 N–H and O–H groups in total. The van der Waals surface area contributed by atoms with Crippen molar-refractivity contribution in [1.82, 2.24) is 5.32 Å². The van der Waals surface area contributed by atoms with Crippen LogP contribution in [0.4, 0.5) is 4.39 Å². The van der Waals surface area contributed by atoms with Crippen LogP contribution < -0.4 is 5.32 Å². The van der Waals surface area contributed by atoms with Crippen LogP contribution in [-0.2, 0) is 9.53 Å². The SMILES string of the molecule is COC(=O)CC(NCC(C)C)C(O)c1ccc(F)c(C)c1. The van der Waals surface area contributed by atoms with Gasteiger partial charge in [0.05, 0.1) is 19.6 Å². The van der Waals surface area contributed by atoms with Crippen molar-refractivity contribution in [3.05, 3.63) is 35.1 Å². The summed E-state index contributed by atoms with van der Waals surface area (Å²) in [7, 11) is 1.32. The van der Waals surface area contributed by atoms with Gasteiger partial charge in [-0.25, -0.2) is 4.39 Å². The van der Waals surface area contributed by atoms with Crippen molar-refractivity contribution >= 4 is 5.97 Å². The molecule has 1 aromatic rings. The van der Waals surface area contributed by atoms with Gasteiger partial charge in [-0.05, 0) is 36.6 Å². The van der Waals surface area contributed by atoms with Crippen LogP contribution in [0.25, 0.3) is 0 Å². The smallest absolute Gasteiger partial charge is 0.307 e. The predicted octanol–water partition coefficient (Wildman–Crippen LogP) is 2.34. The maximum absolute atomic E-state index is 13.3. The summed E-state index contributed by atoms with van der Waals surface area (Å²) in [6.45, 7) is 6.38. The molecule has 0 radical (unpaired) electrons. The number of rotatable bonds is 7. The average Bonchev–Trinajstić information content (AvgIpc) is 2.45. The summed E-state index contributed by atoms with van der Waals surface area (Å²) in [4.78, 5) is 11.5. The van der Waals surface area contributed by atoms with Crippen LogP contribution in [0.2, 0.25) is 0 Å². The second-order valence-corrected chi connectivity index (χ2v) is 5.64. The van der Waals surface area contributed by atoms with E-state index >= 15 is 0 Å². The summed E-state index contributed by atoms with van der Waals surface area (Å²) >= 11 is 0. The van der Waals surface area contributed by atoms with Gasteiger partial charge in [-0.1, -0.05) is 26.0 Å². The zero-order valence-electron chi connectivity index (χ0n) is 13.0. The highest BCUT2D eigenvalue weighted by atomic mass is 19.1. The number of methoxy groups -OCH3 is 1. The van der Waals surface area contributed by atoms with Gasteiger partial charge in [0.1, 0.15) is 5.82 Å². The highest BCUT2D eigenvalue weighted by molar-refractivity contribution is 5.70. The standard InChI is InChI=1S/C16H24FNO3/c1-10(2)9-18-14(8-15(19)21-4)16(20)12-5-6-13(17)11(3)7-12/h5-7,10,14,16,18,20H,8-9H2,1-4H3. The zero-order chi connectivity index (χ0) is 16.0. The Kier molecular flexibility index (Phi) is 6.78. The molecule has 0 aliphatic heterocycles. The lowest BCUT2D eigenvalue weighted by atomic mass is 9.97. The number of esters is 1. The summed E-state index contributed by atoms with van der Waals surface area (Å²) in [5, 5.41) is 13.6. The second kappa shape index (κ2) is 8.10. The number of hydrogen-bond acceptors (Lipinski definition) is 4. The lowest BCUT2D eigenvalue weighted by Crippen LogP contribution is -2.39. The molecule has 1 aromatic carbocycles. The summed E-state index contributed by atoms with van der Waals surface area (Å²) in [6, 6.07) is 3.99. The van der Waals surface area contributed by atoms with Gasteiger partial charge in [0.2, 0.25) is 0 Å². The van der Waals surface area contributed by atoms with Gasteiger partial charge >= 0.3 is 5.97 Å². The van der Waals surface area contributed by atoms with E-state index < -0.39 is 18.1 Å². The van der Waals surface area contributed by atoms with Crippen LogP contribution in [-0.4, -0.2) is 30.8 Å². The van der Waals surface area contributed by atoms with Crippen molar-refractivity contribution in [2.45, 2.75) is 39.3 Å². The van der Waals surface area contributed by atoms with Gasteiger partial charge in [0.15, 0.2) is 0 Å². The van der Waals surface area contributed by atoms with Crippen LogP contribution in [0.1, 0.15) is 37.5 Å². The second-order valence-electron chi connectivity index (χ2n) is 5.64. The number of aliphatic hydroxyl groups is 1. The first kappa shape index (κ1) is 17.6. The van der Waals surface area contributed by atoms with Gasteiger partial charge in [-0.3, -0.25) is 4.79 Å². The number of carbonyl (C=O) groups is 1. The number of aliphatic hydroxyl groups excluding tert-OH is 1. The van der Waals surface area contributed by atoms with Crippen molar-refractivity contribution in [3.8, 4) is 0 Å². The van der Waals surface area contributed by atoms with Crippen LogP contribution in [0.15, 0.2) is 18.2 Å². The normalized spacial score (nSPS) is 14.0. The Bertz CT molecular complexity index is 477. The van der Waals surface area contributed by atoms with Gasteiger partial charge in [0, 0.05) is 6.04 Å². The van der Waals surface area contributed by atoms with Crippen molar-refractivity contribution in [2.75, 3.05) is 13.7 Å². The minimum atomic E-state index is -0.901. The Morgan fingerprint density at radius 1 is 1.43 bits per heavy atom. The summed E-state index contributed by atoms with van der Waals surface area (Å²) in [5.74, 6) is -0.327. The Morgan fingerprint density at radius 2 is 2.10 bits per heavy atom. The topological polar surface area (TPSA) is 58.6 Å². The van der Waals surface area contributed by atoms with Gasteiger partial charge < -0.3 is 15.2 Å². The predicted molar refractivity (Wildman–Crippen MR) is 79.4 cm³/mol. The van der Waals surface area contributed by atoms with Crippen LogP contribution in [0.3, 0.4) is 0 Å². The number of carbonyl (C=O) groups excluding carboxylic acids is 1. The molecule has 118 valence electrons. The quantitative estimate of drug-likeness (QED) is 0.759. The molecule has 21 heavy (non-hydrogen) atoms. The molecule has 0 spiro atoms. The highest BCUT2D eigenvalue weighted by Crippen LogP contribution is 2.22. The van der Waals surface area contributed by atoms with E-state index in [1.807, 2.05) is 13.8 Å². The van der Waals surface area contributed by atoms with E-state index in [2.05, 4.69) is 10.1 Å². The van der Waals surface area contributed by atoms with E-state index in [1.165, 1.54) is 19.2 Å². The van der Waals surface area contributed by atoms with E-state index in [9.17, 15) is 14.3 Å². The molecule has 0 bridgehead atoms. The third-order valence-electron chi connectivity index (χ3n) is 3.31. The van der Waals surface area contributed by atoms with Gasteiger partial charge in [0.25, 0.3) is 0 Å². The minimum absolute atomic E-state index is 0.0564. The first-order valence-electron chi connectivity index (χ1n) is 7.09. The van der Waals surface area contributed by atoms with E-state index in [0.29, 0.717) is 23.6 Å². The Labute approximate surface area is 125 Å². The largest absolute Gasteiger partial charge is 0.469 e. The van der Waals surface area contributed by atoms with Crippen molar-refractivity contribution in [2.24, 2.45) is 5.92 Å². The third-order valence-corrected chi connectivity index (χ3v) is 3.31. The summed E-state index contributed by atoms with van der Waals surface area (Å²) in [6.07, 6.45) is -0.844. The zero-order valence-corrected chi connectivity index (χ0v) is 13.0. The minimum Gasteiger partial charge on any atom is -0.469 e. The van der Waals surface area contributed by atoms with Gasteiger partial charge in [-0.15, -0.1) is 0 Å². The van der Waals surface area contributed by atoms with E-state index in [0.717, 1.165) is 0 Å². The molecule has 2 unspecified atom stereocenters. The highest BCUT2D eigenvalue weighted by Gasteiger charge is 2.24. The fourth-order valence-electron chi connectivity index (χ4n) is 2.03. The maximum atomic E-state index is 13.3. The Morgan fingerprint density at radius 3 is 2.62 bits per heavy atom. The summed E-state index contributed by atoms with van der Waals surface area (Å²) < 4.78 is 18.0. The molecule has 5 heteroatoms. The molecule has 4 nitrogen and oxygen atoms in total. The van der Waals surface area contributed by atoms with Gasteiger partial charge in [-0.2, -0.15) is 0 Å². The molecular weight excluding hydrogens is 273 g/mol. The molecule has 0 aromatic heterocycles. The van der Waals surface area contributed by atoms with Crippen LogP contribution in [0.5, 0.6) is 0 Å². The molecular formula is C16H24FNO3. The lowest BCUT2D eigenvalue weighted by molar-refractivity contribution is -0.142. The summed E-state index contributed by atoms with van der Waals surface area (Å²) in [5.41, 5.74) is 1.05. The van der Waals surface area contributed by atoms with Crippen LogP contribution in [0, 0.1) is 18.7 Å². The fraction of sp³-hybridized carbons (Fsp3) is 0.562. The Balaban J connectivity index is 2.88. The third kappa shape index (κ3) is 5.44. The number of benzene rings is 1. The fourth-order valence-corrected chi connectivity index (χ4v) is 2.03. The number of halogens is 1. The first-order chi connectivity index (χ1) is 9.85. The first-order valence-corrected chi connectivity index (χ1v) is 7.09. The molecule has 1 rings (SSSR count). The van der Waals surface area contributed by atoms with E-state index in [1.54, 1.807) is 13.0 Å². The number of nitrogens with one attached hydrogen (secondary N) is 1. The van der Waals surface area contributed by atoms with Crippen molar-refractivity contribution in [3.63, 3.8) is 0 Å². The Hall–Kier alpha value is -1.46. The monoisotopic (exact) mass is 297 g/mol. The molecule has 0 heterocycles. The van der Waals surface area contributed by atoms with E-state index in [4.69, 9.17) is 0 Å². The average molecular weight is 297 g/mol. The van der Waals surface area contributed by atoms with Crippen molar-refractivity contribution in [1.29, 1.82) is 0 Å². The molecule has 0 amide bonds. The molecule has 2 atom stereocenters. The molecule has 0 saturated heterocycles. The van der Waals surface area contributed by atoms with Crippen molar-refractivity contribution < 1.29 is 19.0 Å².